The topological polar surface area (TPSA) is 105 Å². The SMILES string of the molecule is C[C@]12CCC(F)(F)C[C@@H]1CC[C@@H]1[C@@H]2CC[C@]2(C)[C@@H](OCCCOCCC(=O)N3CCN(C(=O)c4cc(Cc5n[nH]c(=O)c6ccccc56)ccc4F)CC3)CC[C@@H]12. The second kappa shape index (κ2) is 16.1. The normalized spacial score (nSPS) is 30.8. The molecule has 3 aromatic rings. The zero-order chi connectivity index (χ0) is 40.0. The fourth-order valence-electron chi connectivity index (χ4n) is 11.9. The highest BCUT2D eigenvalue weighted by Gasteiger charge is 2.62. The van der Waals surface area contributed by atoms with Gasteiger partial charge in [-0.15, -0.1) is 0 Å². The number of ether oxygens (including phenoxy) is 2. The molecule has 2 amide bonds. The van der Waals surface area contributed by atoms with Crippen molar-refractivity contribution in [3.63, 3.8) is 0 Å². The summed E-state index contributed by atoms with van der Waals surface area (Å²) in [5.74, 6) is -1.61. The van der Waals surface area contributed by atoms with Crippen molar-refractivity contribution in [1.29, 1.82) is 0 Å². The lowest BCUT2D eigenvalue weighted by Crippen LogP contribution is -2.55. The van der Waals surface area contributed by atoms with Crippen molar-refractivity contribution in [3.8, 4) is 0 Å². The lowest BCUT2D eigenvalue weighted by atomic mass is 9.45. The molecule has 0 unspecified atom stereocenters. The van der Waals surface area contributed by atoms with Crippen molar-refractivity contribution in [2.75, 3.05) is 46.0 Å². The summed E-state index contributed by atoms with van der Waals surface area (Å²) >= 11 is 0. The molecule has 5 fully saturated rings. The first-order valence-corrected chi connectivity index (χ1v) is 21.3. The molecule has 9 nitrogen and oxygen atoms in total. The molecule has 2 aromatic carbocycles. The Labute approximate surface area is 333 Å². The minimum atomic E-state index is -2.49. The van der Waals surface area contributed by atoms with Crippen molar-refractivity contribution in [2.24, 2.45) is 34.5 Å². The monoisotopic (exact) mass is 790 g/mol. The largest absolute Gasteiger partial charge is 0.381 e. The Bertz CT molecular complexity index is 2020. The molecule has 1 aliphatic heterocycles. The number of H-pyrrole nitrogens is 1. The fraction of sp³-hybridized carbons (Fsp3) is 0.644. The number of alkyl halides is 2. The average Bonchev–Trinajstić information content (AvgIpc) is 3.55. The number of hydrogen-bond donors (Lipinski definition) is 1. The molecule has 7 atom stereocenters. The quantitative estimate of drug-likeness (QED) is 0.199. The van der Waals surface area contributed by atoms with Gasteiger partial charge in [0.05, 0.1) is 35.8 Å². The third kappa shape index (κ3) is 7.89. The van der Waals surface area contributed by atoms with Gasteiger partial charge in [-0.05, 0) is 110 Å². The summed E-state index contributed by atoms with van der Waals surface area (Å²) in [5.41, 5.74) is 1.20. The molecule has 1 N–H and O–H groups in total. The lowest BCUT2D eigenvalue weighted by molar-refractivity contribution is -0.169. The van der Waals surface area contributed by atoms with Crippen LogP contribution in [0.3, 0.4) is 0 Å². The van der Waals surface area contributed by atoms with E-state index < -0.39 is 17.6 Å². The van der Waals surface area contributed by atoms with Gasteiger partial charge in [0.1, 0.15) is 5.82 Å². The Morgan fingerprint density at radius 3 is 2.42 bits per heavy atom. The second-order valence-electron chi connectivity index (χ2n) is 18.1. The molecule has 0 bridgehead atoms. The molecule has 4 aliphatic carbocycles. The number of nitrogens with zero attached hydrogens (tertiary/aromatic N) is 3. The van der Waals surface area contributed by atoms with E-state index in [1.165, 1.54) is 12.5 Å². The van der Waals surface area contributed by atoms with Crippen LogP contribution in [0.5, 0.6) is 0 Å². The van der Waals surface area contributed by atoms with E-state index in [1.807, 2.05) is 12.1 Å². The van der Waals surface area contributed by atoms with E-state index in [0.29, 0.717) is 98.6 Å². The highest BCUT2D eigenvalue weighted by molar-refractivity contribution is 5.95. The highest BCUT2D eigenvalue weighted by Crippen LogP contribution is 2.67. The number of aromatic amines is 1. The summed E-state index contributed by atoms with van der Waals surface area (Å²) in [6.07, 6.45) is 8.82. The van der Waals surface area contributed by atoms with Crippen LogP contribution in [-0.2, 0) is 20.7 Å². The van der Waals surface area contributed by atoms with E-state index in [0.717, 1.165) is 38.5 Å². The van der Waals surface area contributed by atoms with Crippen LogP contribution in [0.25, 0.3) is 10.8 Å². The number of carbonyl (C=O) groups is 2. The standard InChI is InChI=1S/C45H57F3N4O5/c1-43-17-18-45(47,48)28-30(43)9-10-33-35-11-13-39(44(35,2)16-14-36(33)43)57-24-5-23-56-25-15-40(53)51-19-21-52(22-20-51)42(55)34-26-29(8-12-37(34)46)27-38-31-6-3-4-7-32(31)41(54)50-49-38/h3-4,6-8,12,26,30,33,35-36,39H,5,9-11,13-25,27-28H2,1-2H3,(H,50,54)/t30-,33-,35-,36-,39-,43-,44-/m0/s1. The van der Waals surface area contributed by atoms with Gasteiger partial charge in [0.15, 0.2) is 0 Å². The number of amides is 2. The first-order valence-electron chi connectivity index (χ1n) is 21.3. The van der Waals surface area contributed by atoms with E-state index in [1.54, 1.807) is 34.1 Å². The van der Waals surface area contributed by atoms with E-state index in [2.05, 4.69) is 24.0 Å². The van der Waals surface area contributed by atoms with Crippen LogP contribution in [0.1, 0.15) is 106 Å². The number of nitrogens with one attached hydrogen (secondary N) is 1. The van der Waals surface area contributed by atoms with Gasteiger partial charge in [0, 0.05) is 64.0 Å². The third-order valence-corrected chi connectivity index (χ3v) is 15.1. The van der Waals surface area contributed by atoms with Gasteiger partial charge in [-0.2, -0.15) is 5.10 Å². The van der Waals surface area contributed by atoms with Crippen molar-refractivity contribution in [2.45, 2.75) is 103 Å². The Morgan fingerprint density at radius 2 is 1.61 bits per heavy atom. The van der Waals surface area contributed by atoms with Crippen LogP contribution in [0.15, 0.2) is 47.3 Å². The number of piperazine rings is 1. The highest BCUT2D eigenvalue weighted by atomic mass is 19.3. The maximum atomic E-state index is 15.0. The van der Waals surface area contributed by atoms with Gasteiger partial charge >= 0.3 is 0 Å². The number of benzene rings is 2. The predicted molar refractivity (Wildman–Crippen MR) is 211 cm³/mol. The first-order chi connectivity index (χ1) is 27.4. The van der Waals surface area contributed by atoms with Crippen molar-refractivity contribution in [3.05, 3.63) is 75.5 Å². The molecular weight excluding hydrogens is 734 g/mol. The third-order valence-electron chi connectivity index (χ3n) is 15.1. The number of fused-ring (bicyclic) bond motifs is 6. The van der Waals surface area contributed by atoms with Crippen LogP contribution in [0.2, 0.25) is 0 Å². The van der Waals surface area contributed by atoms with Crippen molar-refractivity contribution < 1.29 is 32.2 Å². The summed E-state index contributed by atoms with van der Waals surface area (Å²) in [7, 11) is 0. The fourth-order valence-corrected chi connectivity index (χ4v) is 11.9. The minimum absolute atomic E-state index is 0.0274. The molecule has 0 spiro atoms. The molecule has 0 radical (unpaired) electrons. The maximum Gasteiger partial charge on any atom is 0.272 e. The molecule has 5 aliphatic rings. The van der Waals surface area contributed by atoms with E-state index in [9.17, 15) is 27.6 Å². The predicted octanol–water partition coefficient (Wildman–Crippen LogP) is 7.80. The molecule has 57 heavy (non-hydrogen) atoms. The van der Waals surface area contributed by atoms with Crippen LogP contribution < -0.4 is 5.56 Å². The Balaban J connectivity index is 0.740. The Kier molecular flexibility index (Phi) is 11.3. The molecular formula is C45H57F3N4O5. The van der Waals surface area contributed by atoms with E-state index >= 15 is 0 Å². The van der Waals surface area contributed by atoms with Gasteiger partial charge in [0.2, 0.25) is 11.8 Å². The van der Waals surface area contributed by atoms with Crippen LogP contribution in [-0.4, -0.2) is 89.8 Å². The van der Waals surface area contributed by atoms with Crippen molar-refractivity contribution in [1.82, 2.24) is 20.0 Å². The van der Waals surface area contributed by atoms with Gasteiger partial charge in [-0.25, -0.2) is 18.3 Å². The molecule has 8 rings (SSSR count). The number of aromatic nitrogens is 2. The number of carbonyl (C=O) groups excluding carboxylic acids is 2. The molecule has 1 aromatic heterocycles. The smallest absolute Gasteiger partial charge is 0.272 e. The van der Waals surface area contributed by atoms with Crippen molar-refractivity contribution >= 4 is 22.6 Å². The number of halogens is 3. The van der Waals surface area contributed by atoms with Gasteiger partial charge in [0.25, 0.3) is 11.5 Å². The Morgan fingerprint density at radius 1 is 0.860 bits per heavy atom. The minimum Gasteiger partial charge on any atom is -0.381 e. The number of rotatable bonds is 11. The summed E-state index contributed by atoms with van der Waals surface area (Å²) in [6, 6.07) is 11.6. The number of hydrogen-bond acceptors (Lipinski definition) is 6. The van der Waals surface area contributed by atoms with Crippen LogP contribution in [0, 0.1) is 40.3 Å². The summed E-state index contributed by atoms with van der Waals surface area (Å²) in [4.78, 5) is 41.9. The van der Waals surface area contributed by atoms with Gasteiger partial charge in [-0.3, -0.25) is 14.4 Å². The Hall–Kier alpha value is -3.77. The zero-order valence-corrected chi connectivity index (χ0v) is 33.4. The summed E-state index contributed by atoms with van der Waals surface area (Å²) < 4.78 is 56.0. The molecule has 1 saturated heterocycles. The average molecular weight is 791 g/mol. The second-order valence-corrected chi connectivity index (χ2v) is 18.1. The van der Waals surface area contributed by atoms with Crippen LogP contribution in [0.4, 0.5) is 13.2 Å². The molecule has 4 saturated carbocycles. The lowest BCUT2D eigenvalue weighted by Gasteiger charge is -2.61. The summed E-state index contributed by atoms with van der Waals surface area (Å²) in [6.45, 7) is 7.53. The first kappa shape index (κ1) is 40.0. The molecule has 12 heteroatoms. The van der Waals surface area contributed by atoms with Crippen LogP contribution >= 0.6 is 0 Å². The van der Waals surface area contributed by atoms with E-state index in [-0.39, 0.29) is 59.1 Å². The molecule has 308 valence electrons. The van der Waals surface area contributed by atoms with E-state index in [4.69, 9.17) is 9.47 Å². The maximum absolute atomic E-state index is 15.0. The zero-order valence-electron chi connectivity index (χ0n) is 33.4. The van der Waals surface area contributed by atoms with Gasteiger partial charge in [-0.1, -0.05) is 38.1 Å². The van der Waals surface area contributed by atoms with Gasteiger partial charge < -0.3 is 19.3 Å². The molecule has 2 heterocycles. The summed E-state index contributed by atoms with van der Waals surface area (Å²) in [5, 5.41) is 7.95.